The van der Waals surface area contributed by atoms with E-state index in [1.54, 1.807) is 6.08 Å². The highest BCUT2D eigenvalue weighted by Crippen LogP contribution is 2.10. The fraction of sp³-hybridized carbons (Fsp3) is 0.750. The summed E-state index contributed by atoms with van der Waals surface area (Å²) >= 11 is 0. The maximum Gasteiger partial charge on any atom is 0.239 e. The molecule has 1 aliphatic rings. The zero-order chi connectivity index (χ0) is 11.1. The highest BCUT2D eigenvalue weighted by atomic mass is 16.2. The fourth-order valence-corrected chi connectivity index (χ4v) is 1.91. The van der Waals surface area contributed by atoms with Crippen molar-refractivity contribution in [3.63, 3.8) is 0 Å². The normalized spacial score (nSPS) is 19.4. The summed E-state index contributed by atoms with van der Waals surface area (Å²) < 4.78 is 0. The molecular weight excluding hydrogens is 188 g/mol. The van der Waals surface area contributed by atoms with E-state index in [1.165, 1.54) is 12.8 Å². The van der Waals surface area contributed by atoms with Crippen LogP contribution in [0.15, 0.2) is 12.7 Å². The molecule has 86 valence electrons. The molecule has 1 saturated heterocycles. The molecule has 1 atom stereocenters. The Morgan fingerprint density at radius 1 is 1.40 bits per heavy atom. The molecule has 0 saturated carbocycles. The van der Waals surface area contributed by atoms with E-state index in [1.807, 2.05) is 11.8 Å². The molecule has 1 unspecified atom stereocenters. The predicted octanol–water partition coefficient (Wildman–Crippen LogP) is 1.55. The lowest BCUT2D eigenvalue weighted by molar-refractivity contribution is -0.132. The van der Waals surface area contributed by atoms with Crippen molar-refractivity contribution in [2.24, 2.45) is 0 Å². The van der Waals surface area contributed by atoms with E-state index in [0.29, 0.717) is 6.54 Å². The van der Waals surface area contributed by atoms with Crippen LogP contribution in [-0.4, -0.2) is 36.5 Å². The molecule has 15 heavy (non-hydrogen) atoms. The molecule has 0 aromatic rings. The number of likely N-dealkylation sites (tertiary alicyclic amines) is 1. The van der Waals surface area contributed by atoms with Crippen LogP contribution >= 0.6 is 0 Å². The van der Waals surface area contributed by atoms with E-state index in [9.17, 15) is 4.79 Å². The van der Waals surface area contributed by atoms with Crippen LogP contribution in [-0.2, 0) is 4.79 Å². The smallest absolute Gasteiger partial charge is 0.239 e. The van der Waals surface area contributed by atoms with Gasteiger partial charge in [-0.3, -0.25) is 4.79 Å². The molecule has 0 spiro atoms. The average Bonchev–Trinajstić information content (AvgIpc) is 2.53. The third-order valence-corrected chi connectivity index (χ3v) is 2.86. The highest BCUT2D eigenvalue weighted by molar-refractivity contribution is 5.81. The Hall–Kier alpha value is -0.830. The molecule has 1 heterocycles. The van der Waals surface area contributed by atoms with Crippen LogP contribution in [0.25, 0.3) is 0 Å². The molecule has 1 N–H and O–H groups in total. The zero-order valence-corrected chi connectivity index (χ0v) is 9.67. The van der Waals surface area contributed by atoms with Crippen LogP contribution in [0.5, 0.6) is 0 Å². The van der Waals surface area contributed by atoms with Gasteiger partial charge < -0.3 is 10.2 Å². The molecule has 3 nitrogen and oxygen atoms in total. The Bertz CT molecular complexity index is 208. The summed E-state index contributed by atoms with van der Waals surface area (Å²) in [6.45, 7) is 8.11. The monoisotopic (exact) mass is 210 g/mol. The van der Waals surface area contributed by atoms with Gasteiger partial charge in [-0.05, 0) is 19.8 Å². The minimum absolute atomic E-state index is 0.0823. The summed E-state index contributed by atoms with van der Waals surface area (Å²) in [4.78, 5) is 14.0. The van der Waals surface area contributed by atoms with Crippen LogP contribution in [0.2, 0.25) is 0 Å². The number of hydrogen-bond donors (Lipinski definition) is 1. The Morgan fingerprint density at radius 3 is 2.53 bits per heavy atom. The minimum Gasteiger partial charge on any atom is -0.341 e. The number of amides is 1. The first kappa shape index (κ1) is 12.2. The first-order valence-electron chi connectivity index (χ1n) is 5.88. The van der Waals surface area contributed by atoms with Gasteiger partial charge in [0.25, 0.3) is 0 Å². The largest absolute Gasteiger partial charge is 0.341 e. The minimum atomic E-state index is -0.0823. The van der Waals surface area contributed by atoms with Crippen LogP contribution in [0, 0.1) is 0 Å². The number of rotatable bonds is 4. The lowest BCUT2D eigenvalue weighted by Crippen LogP contribution is -2.45. The molecule has 1 rings (SSSR count). The van der Waals surface area contributed by atoms with E-state index in [4.69, 9.17) is 0 Å². The third kappa shape index (κ3) is 4.04. The molecule has 0 aromatic heterocycles. The summed E-state index contributed by atoms with van der Waals surface area (Å²) in [5.41, 5.74) is 0. The van der Waals surface area contributed by atoms with Gasteiger partial charge in [-0.15, -0.1) is 6.58 Å². The van der Waals surface area contributed by atoms with Crippen LogP contribution in [0.4, 0.5) is 0 Å². The van der Waals surface area contributed by atoms with E-state index in [2.05, 4.69) is 11.9 Å². The zero-order valence-electron chi connectivity index (χ0n) is 9.67. The summed E-state index contributed by atoms with van der Waals surface area (Å²) in [6, 6.07) is -0.0823. The Labute approximate surface area is 92.5 Å². The van der Waals surface area contributed by atoms with Gasteiger partial charge in [0.2, 0.25) is 5.91 Å². The quantitative estimate of drug-likeness (QED) is 0.714. The van der Waals surface area contributed by atoms with Gasteiger partial charge in [0, 0.05) is 19.6 Å². The van der Waals surface area contributed by atoms with Crippen LogP contribution in [0.1, 0.15) is 32.6 Å². The SMILES string of the molecule is C=CCNC(C)C(=O)N1CCCCCC1. The van der Waals surface area contributed by atoms with Crippen molar-refractivity contribution in [3.8, 4) is 0 Å². The Morgan fingerprint density at radius 2 is 2.00 bits per heavy atom. The predicted molar refractivity (Wildman–Crippen MR) is 62.7 cm³/mol. The average molecular weight is 210 g/mol. The summed E-state index contributed by atoms with van der Waals surface area (Å²) in [5, 5.41) is 3.14. The molecular formula is C12H22N2O. The summed E-state index contributed by atoms with van der Waals surface area (Å²) in [7, 11) is 0. The summed E-state index contributed by atoms with van der Waals surface area (Å²) in [5.74, 6) is 0.235. The molecule has 1 amide bonds. The Balaban J connectivity index is 2.38. The first-order valence-corrected chi connectivity index (χ1v) is 5.88. The second-order valence-corrected chi connectivity index (χ2v) is 4.16. The fourth-order valence-electron chi connectivity index (χ4n) is 1.91. The van der Waals surface area contributed by atoms with Gasteiger partial charge in [-0.25, -0.2) is 0 Å². The second kappa shape index (κ2) is 6.62. The third-order valence-electron chi connectivity index (χ3n) is 2.86. The van der Waals surface area contributed by atoms with E-state index in [-0.39, 0.29) is 11.9 Å². The number of nitrogens with one attached hydrogen (secondary N) is 1. The molecule has 0 bridgehead atoms. The lowest BCUT2D eigenvalue weighted by Gasteiger charge is -2.24. The van der Waals surface area contributed by atoms with Crippen molar-refractivity contribution in [2.75, 3.05) is 19.6 Å². The van der Waals surface area contributed by atoms with Crippen molar-refractivity contribution < 1.29 is 4.79 Å². The lowest BCUT2D eigenvalue weighted by atomic mass is 10.2. The van der Waals surface area contributed by atoms with Crippen LogP contribution in [0.3, 0.4) is 0 Å². The van der Waals surface area contributed by atoms with Gasteiger partial charge in [-0.2, -0.15) is 0 Å². The number of nitrogens with zero attached hydrogens (tertiary/aromatic N) is 1. The standard InChI is InChI=1S/C12H22N2O/c1-3-8-13-11(2)12(15)14-9-6-4-5-7-10-14/h3,11,13H,1,4-10H2,2H3. The molecule has 1 aliphatic heterocycles. The maximum absolute atomic E-state index is 12.0. The van der Waals surface area contributed by atoms with Crippen molar-refractivity contribution in [2.45, 2.75) is 38.6 Å². The highest BCUT2D eigenvalue weighted by Gasteiger charge is 2.20. The molecule has 3 heteroatoms. The van der Waals surface area contributed by atoms with Crippen LogP contribution < -0.4 is 5.32 Å². The second-order valence-electron chi connectivity index (χ2n) is 4.16. The van der Waals surface area contributed by atoms with Gasteiger partial charge in [0.05, 0.1) is 6.04 Å². The van der Waals surface area contributed by atoms with Crippen molar-refractivity contribution >= 4 is 5.91 Å². The first-order chi connectivity index (χ1) is 7.25. The molecule has 0 aromatic carbocycles. The van der Waals surface area contributed by atoms with Crippen molar-refractivity contribution in [1.82, 2.24) is 10.2 Å². The summed E-state index contributed by atoms with van der Waals surface area (Å²) in [6.07, 6.45) is 6.61. The van der Waals surface area contributed by atoms with Gasteiger partial charge in [-0.1, -0.05) is 18.9 Å². The van der Waals surface area contributed by atoms with Gasteiger partial charge >= 0.3 is 0 Å². The van der Waals surface area contributed by atoms with Gasteiger partial charge in [0.15, 0.2) is 0 Å². The van der Waals surface area contributed by atoms with E-state index < -0.39 is 0 Å². The Kier molecular flexibility index (Phi) is 5.40. The van der Waals surface area contributed by atoms with Gasteiger partial charge in [0.1, 0.15) is 0 Å². The maximum atomic E-state index is 12.0. The van der Waals surface area contributed by atoms with Crippen molar-refractivity contribution in [3.05, 3.63) is 12.7 Å². The molecule has 1 fully saturated rings. The number of hydrogen-bond acceptors (Lipinski definition) is 2. The van der Waals surface area contributed by atoms with E-state index in [0.717, 1.165) is 25.9 Å². The molecule has 0 aliphatic carbocycles. The van der Waals surface area contributed by atoms with Crippen molar-refractivity contribution in [1.29, 1.82) is 0 Å². The number of carbonyl (C=O) groups is 1. The number of carbonyl (C=O) groups excluding carboxylic acids is 1. The van der Waals surface area contributed by atoms with E-state index >= 15 is 0 Å². The topological polar surface area (TPSA) is 32.3 Å². The molecule has 0 radical (unpaired) electrons.